The molecule has 1 atom stereocenters. The Labute approximate surface area is 182 Å². The number of aryl methyl sites for hydroxylation is 1. The Morgan fingerprint density at radius 2 is 1.61 bits per heavy atom. The molecule has 0 aliphatic carbocycles. The molecule has 0 spiro atoms. The van der Waals surface area contributed by atoms with Crippen molar-refractivity contribution in [2.45, 2.75) is 13.2 Å². The van der Waals surface area contributed by atoms with E-state index in [4.69, 9.17) is 14.5 Å². The number of allylic oxidation sites excluding steroid dienone is 1. The van der Waals surface area contributed by atoms with E-state index in [1.807, 2.05) is 66.7 Å². The highest BCUT2D eigenvalue weighted by Gasteiger charge is 2.30. The standard InChI is InChI=1S/C28H21NO2/c1-19-12-15-21(16-13-19)27-23(17-14-20-8-4-3-5-9-20)26-24(28(30-2)31-27)18-22-10-6-7-11-25(22)29-26/h3-13,15-16,18,28H,1-2H3. The molecule has 3 nitrogen and oxygen atoms in total. The number of fused-ring (bicyclic) bond motifs is 2. The first-order valence-corrected chi connectivity index (χ1v) is 10.2. The van der Waals surface area contributed by atoms with Crippen LogP contribution in [0, 0.1) is 18.8 Å². The van der Waals surface area contributed by atoms with E-state index in [1.165, 1.54) is 5.56 Å². The molecule has 0 saturated carbocycles. The van der Waals surface area contributed by atoms with Crippen molar-refractivity contribution >= 4 is 22.2 Å². The lowest BCUT2D eigenvalue weighted by molar-refractivity contribution is -0.0770. The van der Waals surface area contributed by atoms with Crippen LogP contribution in [0.15, 0.2) is 84.9 Å². The number of para-hydroxylation sites is 1. The molecule has 1 aliphatic rings. The molecule has 3 aromatic carbocycles. The van der Waals surface area contributed by atoms with Gasteiger partial charge in [-0.25, -0.2) is 4.98 Å². The van der Waals surface area contributed by atoms with Crippen molar-refractivity contribution in [1.29, 1.82) is 0 Å². The van der Waals surface area contributed by atoms with Crippen LogP contribution in [0.1, 0.15) is 34.2 Å². The van der Waals surface area contributed by atoms with Gasteiger partial charge in [-0.2, -0.15) is 0 Å². The summed E-state index contributed by atoms with van der Waals surface area (Å²) in [7, 11) is 1.65. The maximum Gasteiger partial charge on any atom is 0.228 e. The lowest BCUT2D eigenvalue weighted by Crippen LogP contribution is -2.16. The molecule has 1 aliphatic heterocycles. The lowest BCUT2D eigenvalue weighted by Gasteiger charge is -2.28. The van der Waals surface area contributed by atoms with Crippen LogP contribution in [-0.2, 0) is 9.47 Å². The van der Waals surface area contributed by atoms with Gasteiger partial charge in [-0.1, -0.05) is 78.1 Å². The molecule has 1 unspecified atom stereocenters. The highest BCUT2D eigenvalue weighted by atomic mass is 16.7. The first-order chi connectivity index (χ1) is 15.2. The average molecular weight is 403 g/mol. The van der Waals surface area contributed by atoms with Gasteiger partial charge in [0.1, 0.15) is 5.76 Å². The topological polar surface area (TPSA) is 31.4 Å². The zero-order chi connectivity index (χ0) is 21.2. The third kappa shape index (κ3) is 3.70. The number of pyridine rings is 1. The number of nitrogens with zero attached hydrogens (tertiary/aromatic N) is 1. The largest absolute Gasteiger partial charge is 0.458 e. The second kappa shape index (κ2) is 8.10. The van der Waals surface area contributed by atoms with Gasteiger partial charge in [-0.3, -0.25) is 0 Å². The summed E-state index contributed by atoms with van der Waals surface area (Å²) < 4.78 is 12.1. The summed E-state index contributed by atoms with van der Waals surface area (Å²) in [5, 5.41) is 1.04. The van der Waals surface area contributed by atoms with Gasteiger partial charge >= 0.3 is 0 Å². The van der Waals surface area contributed by atoms with E-state index in [-0.39, 0.29) is 0 Å². The van der Waals surface area contributed by atoms with Crippen LogP contribution in [0.5, 0.6) is 0 Å². The van der Waals surface area contributed by atoms with Crippen molar-refractivity contribution in [2.24, 2.45) is 0 Å². The van der Waals surface area contributed by atoms with Crippen molar-refractivity contribution in [3.05, 3.63) is 113 Å². The molecule has 1 aromatic heterocycles. The third-order valence-corrected chi connectivity index (χ3v) is 5.33. The molecule has 0 saturated heterocycles. The van der Waals surface area contributed by atoms with Gasteiger partial charge in [0.2, 0.25) is 6.29 Å². The maximum atomic E-state index is 6.35. The van der Waals surface area contributed by atoms with E-state index in [0.717, 1.165) is 38.9 Å². The predicted octanol–water partition coefficient (Wildman–Crippen LogP) is 6.14. The van der Waals surface area contributed by atoms with Crippen molar-refractivity contribution in [3.63, 3.8) is 0 Å². The van der Waals surface area contributed by atoms with Gasteiger partial charge in [0, 0.05) is 29.2 Å². The van der Waals surface area contributed by atoms with Crippen molar-refractivity contribution in [1.82, 2.24) is 4.98 Å². The Balaban J connectivity index is 1.77. The summed E-state index contributed by atoms with van der Waals surface area (Å²) in [6.07, 6.45) is -0.550. The minimum atomic E-state index is -0.550. The number of hydrogen-bond acceptors (Lipinski definition) is 3. The van der Waals surface area contributed by atoms with Gasteiger partial charge in [-0.05, 0) is 31.2 Å². The van der Waals surface area contributed by atoms with Gasteiger partial charge < -0.3 is 9.47 Å². The Hall–Kier alpha value is -3.87. The van der Waals surface area contributed by atoms with Crippen LogP contribution in [0.3, 0.4) is 0 Å². The van der Waals surface area contributed by atoms with E-state index in [2.05, 4.69) is 37.0 Å². The molecule has 31 heavy (non-hydrogen) atoms. The van der Waals surface area contributed by atoms with E-state index < -0.39 is 6.29 Å². The molecule has 0 fully saturated rings. The SMILES string of the molecule is COC1OC(c2ccc(C)cc2)=C(C#Cc2ccccc2)c2nc3ccccc3cc21. The van der Waals surface area contributed by atoms with E-state index >= 15 is 0 Å². The summed E-state index contributed by atoms with van der Waals surface area (Å²) in [6, 6.07) is 28.3. The van der Waals surface area contributed by atoms with Gasteiger partial charge in [-0.15, -0.1) is 0 Å². The number of methoxy groups -OCH3 is 1. The third-order valence-electron chi connectivity index (χ3n) is 5.33. The zero-order valence-corrected chi connectivity index (χ0v) is 17.4. The minimum absolute atomic E-state index is 0.550. The van der Waals surface area contributed by atoms with Crippen LogP contribution in [0.2, 0.25) is 0 Å². The summed E-state index contributed by atoms with van der Waals surface area (Å²) in [5.41, 5.74) is 6.44. The highest BCUT2D eigenvalue weighted by molar-refractivity contribution is 5.98. The van der Waals surface area contributed by atoms with Crippen molar-refractivity contribution in [2.75, 3.05) is 7.11 Å². The first-order valence-electron chi connectivity index (χ1n) is 10.2. The number of aromatic nitrogens is 1. The Morgan fingerprint density at radius 1 is 0.871 bits per heavy atom. The molecule has 0 N–H and O–H groups in total. The van der Waals surface area contributed by atoms with Crippen LogP contribution in [0.25, 0.3) is 22.2 Å². The molecule has 3 heteroatoms. The van der Waals surface area contributed by atoms with Crippen LogP contribution < -0.4 is 0 Å². The molecule has 4 aromatic rings. The Kier molecular flexibility index (Phi) is 5.00. The van der Waals surface area contributed by atoms with Crippen molar-refractivity contribution in [3.8, 4) is 11.8 Å². The quantitative estimate of drug-likeness (QED) is 0.377. The maximum absolute atomic E-state index is 6.35. The fourth-order valence-electron chi connectivity index (χ4n) is 3.71. The Bertz CT molecular complexity index is 1340. The number of benzene rings is 3. The van der Waals surface area contributed by atoms with E-state index in [0.29, 0.717) is 5.76 Å². The summed E-state index contributed by atoms with van der Waals surface area (Å²) in [4.78, 5) is 4.98. The fourth-order valence-corrected chi connectivity index (χ4v) is 3.71. The molecule has 2 heterocycles. The number of ether oxygens (including phenoxy) is 2. The molecule has 0 radical (unpaired) electrons. The monoisotopic (exact) mass is 403 g/mol. The van der Waals surface area contributed by atoms with Crippen LogP contribution in [-0.4, -0.2) is 12.1 Å². The van der Waals surface area contributed by atoms with Gasteiger partial charge in [0.15, 0.2) is 0 Å². The Morgan fingerprint density at radius 3 is 2.39 bits per heavy atom. The second-order valence-electron chi connectivity index (χ2n) is 7.49. The molecule has 5 rings (SSSR count). The predicted molar refractivity (Wildman–Crippen MR) is 124 cm³/mol. The van der Waals surface area contributed by atoms with Crippen molar-refractivity contribution < 1.29 is 9.47 Å². The van der Waals surface area contributed by atoms with Gasteiger partial charge in [0.05, 0.1) is 16.8 Å². The van der Waals surface area contributed by atoms with E-state index in [9.17, 15) is 0 Å². The molecular formula is C28H21NO2. The molecule has 0 amide bonds. The lowest BCUT2D eigenvalue weighted by atomic mass is 9.96. The summed E-state index contributed by atoms with van der Waals surface area (Å²) >= 11 is 0. The molecule has 0 bridgehead atoms. The van der Waals surface area contributed by atoms with Gasteiger partial charge in [0.25, 0.3) is 0 Å². The summed E-state index contributed by atoms with van der Waals surface area (Å²) in [5.74, 6) is 7.32. The fraction of sp³-hybridized carbons (Fsp3) is 0.107. The number of rotatable bonds is 2. The normalized spacial score (nSPS) is 15.1. The summed E-state index contributed by atoms with van der Waals surface area (Å²) in [6.45, 7) is 2.07. The zero-order valence-electron chi connectivity index (χ0n) is 17.4. The number of hydrogen-bond donors (Lipinski definition) is 0. The molecular weight excluding hydrogens is 382 g/mol. The highest BCUT2D eigenvalue weighted by Crippen LogP contribution is 2.41. The smallest absolute Gasteiger partial charge is 0.228 e. The van der Waals surface area contributed by atoms with Crippen LogP contribution >= 0.6 is 0 Å². The average Bonchev–Trinajstić information content (AvgIpc) is 2.82. The van der Waals surface area contributed by atoms with E-state index in [1.54, 1.807) is 7.11 Å². The minimum Gasteiger partial charge on any atom is -0.458 e. The first kappa shape index (κ1) is 19.1. The molecule has 150 valence electrons. The second-order valence-corrected chi connectivity index (χ2v) is 7.49. The van der Waals surface area contributed by atoms with Crippen LogP contribution in [0.4, 0.5) is 0 Å².